The van der Waals surface area contributed by atoms with Crippen LogP contribution in [0.15, 0.2) is 47.4 Å². The molecule has 0 aliphatic rings. The van der Waals surface area contributed by atoms with Crippen LogP contribution in [0, 0.1) is 3.57 Å². The van der Waals surface area contributed by atoms with Crippen LogP contribution in [-0.4, -0.2) is 8.42 Å². The smallest absolute Gasteiger partial charge is 0.207 e. The SMILES string of the molecule is O=S(=O)(NCc1cc(C(F)(F)F)cc(C(F)(F)F)c1)c1ccc(I)cc1. The summed E-state index contributed by atoms with van der Waals surface area (Å²) in [5, 5.41) is 0. The van der Waals surface area contributed by atoms with Crippen molar-refractivity contribution in [2.75, 3.05) is 0 Å². The molecule has 0 saturated heterocycles. The average molecular weight is 509 g/mol. The summed E-state index contributed by atoms with van der Waals surface area (Å²) >= 11 is 1.95. The monoisotopic (exact) mass is 509 g/mol. The van der Waals surface area contributed by atoms with Crippen molar-refractivity contribution in [3.63, 3.8) is 0 Å². The first kappa shape index (κ1) is 21.0. The Bertz CT molecular complexity index is 860. The van der Waals surface area contributed by atoms with E-state index in [9.17, 15) is 34.8 Å². The lowest BCUT2D eigenvalue weighted by Gasteiger charge is -2.14. The maximum Gasteiger partial charge on any atom is 0.416 e. The number of hydrogen-bond acceptors (Lipinski definition) is 2. The van der Waals surface area contributed by atoms with E-state index in [0.29, 0.717) is 12.1 Å². The quantitative estimate of drug-likeness (QED) is 0.476. The number of nitrogens with one attached hydrogen (secondary N) is 1. The molecule has 0 aromatic heterocycles. The van der Waals surface area contributed by atoms with Gasteiger partial charge in [0.2, 0.25) is 10.0 Å². The van der Waals surface area contributed by atoms with Crippen LogP contribution in [0.3, 0.4) is 0 Å². The molecule has 0 fully saturated rings. The topological polar surface area (TPSA) is 46.2 Å². The van der Waals surface area contributed by atoms with Crippen LogP contribution in [0.5, 0.6) is 0 Å². The molecule has 0 spiro atoms. The maximum atomic E-state index is 12.8. The van der Waals surface area contributed by atoms with Crippen molar-refractivity contribution < 1.29 is 34.8 Å². The van der Waals surface area contributed by atoms with E-state index in [-0.39, 0.29) is 11.0 Å². The fraction of sp³-hybridized carbons (Fsp3) is 0.200. The predicted octanol–water partition coefficient (Wildman–Crippen LogP) is 4.81. The first-order valence-corrected chi connectivity index (χ1v) is 9.39. The van der Waals surface area contributed by atoms with Crippen molar-refractivity contribution in [2.24, 2.45) is 0 Å². The largest absolute Gasteiger partial charge is 0.416 e. The Morgan fingerprint density at radius 1 is 0.846 bits per heavy atom. The summed E-state index contributed by atoms with van der Waals surface area (Å²) in [6.07, 6.45) is -9.99. The van der Waals surface area contributed by atoms with Gasteiger partial charge in [-0.3, -0.25) is 0 Å². The van der Waals surface area contributed by atoms with E-state index in [1.165, 1.54) is 24.3 Å². The highest BCUT2D eigenvalue weighted by molar-refractivity contribution is 14.1. The number of halogens is 7. The molecule has 3 nitrogen and oxygen atoms in total. The summed E-state index contributed by atoms with van der Waals surface area (Å²) < 4.78 is 104. The molecule has 0 saturated carbocycles. The Kier molecular flexibility index (Phi) is 5.93. The molecule has 0 amide bonds. The highest BCUT2D eigenvalue weighted by Crippen LogP contribution is 2.36. The van der Waals surface area contributed by atoms with Crippen LogP contribution >= 0.6 is 22.6 Å². The zero-order chi connectivity index (χ0) is 19.8. The summed E-state index contributed by atoms with van der Waals surface area (Å²) in [7, 11) is -4.09. The first-order chi connectivity index (χ1) is 11.8. The molecule has 0 aliphatic heterocycles. The third-order valence-corrected chi connectivity index (χ3v) is 5.37. The second kappa shape index (κ2) is 7.35. The van der Waals surface area contributed by atoms with Gasteiger partial charge >= 0.3 is 12.4 Å². The molecule has 1 N–H and O–H groups in total. The van der Waals surface area contributed by atoms with Crippen molar-refractivity contribution in [3.8, 4) is 0 Å². The zero-order valence-electron chi connectivity index (χ0n) is 12.6. The van der Waals surface area contributed by atoms with Crippen LogP contribution in [0.1, 0.15) is 16.7 Å². The molecule has 0 heterocycles. The Morgan fingerprint density at radius 2 is 1.31 bits per heavy atom. The van der Waals surface area contributed by atoms with Gasteiger partial charge in [0.05, 0.1) is 16.0 Å². The van der Waals surface area contributed by atoms with Gasteiger partial charge in [-0.1, -0.05) is 0 Å². The van der Waals surface area contributed by atoms with Crippen molar-refractivity contribution >= 4 is 32.6 Å². The molecule has 142 valence electrons. The lowest BCUT2D eigenvalue weighted by molar-refractivity contribution is -0.143. The van der Waals surface area contributed by atoms with Crippen molar-refractivity contribution in [3.05, 3.63) is 62.7 Å². The highest BCUT2D eigenvalue weighted by Gasteiger charge is 2.36. The van der Waals surface area contributed by atoms with E-state index < -0.39 is 45.6 Å². The molecular formula is C15H10F6INO2S. The Morgan fingerprint density at radius 3 is 1.73 bits per heavy atom. The fourth-order valence-corrected chi connectivity index (χ4v) is 3.37. The van der Waals surface area contributed by atoms with E-state index in [2.05, 4.69) is 0 Å². The van der Waals surface area contributed by atoms with Gasteiger partial charge in [0.25, 0.3) is 0 Å². The Balaban J connectivity index is 2.32. The van der Waals surface area contributed by atoms with Gasteiger partial charge in [-0.2, -0.15) is 26.3 Å². The number of sulfonamides is 1. The van der Waals surface area contributed by atoms with Crippen molar-refractivity contribution in [1.29, 1.82) is 0 Å². The first-order valence-electron chi connectivity index (χ1n) is 6.82. The van der Waals surface area contributed by atoms with Crippen LogP contribution in [-0.2, 0) is 28.9 Å². The van der Waals surface area contributed by atoms with Crippen LogP contribution < -0.4 is 4.72 Å². The summed E-state index contributed by atoms with van der Waals surface area (Å²) in [5.74, 6) is 0. The number of benzene rings is 2. The van der Waals surface area contributed by atoms with Gasteiger partial charge in [0.1, 0.15) is 0 Å². The van der Waals surface area contributed by atoms with E-state index in [1.807, 2.05) is 27.3 Å². The molecule has 0 radical (unpaired) electrons. The molecule has 0 aliphatic carbocycles. The highest BCUT2D eigenvalue weighted by atomic mass is 127. The molecule has 11 heteroatoms. The van der Waals surface area contributed by atoms with E-state index in [1.54, 1.807) is 0 Å². The van der Waals surface area contributed by atoms with Gasteiger partial charge in [0, 0.05) is 10.1 Å². The molecule has 26 heavy (non-hydrogen) atoms. The molecule has 0 unspecified atom stereocenters. The summed E-state index contributed by atoms with van der Waals surface area (Å²) in [4.78, 5) is -0.152. The number of hydrogen-bond donors (Lipinski definition) is 1. The Labute approximate surface area is 158 Å². The second-order valence-corrected chi connectivity index (χ2v) is 8.21. The van der Waals surface area contributed by atoms with E-state index in [4.69, 9.17) is 0 Å². The molecule has 2 aromatic rings. The number of rotatable bonds is 4. The van der Waals surface area contributed by atoms with E-state index >= 15 is 0 Å². The number of alkyl halides is 6. The summed E-state index contributed by atoms with van der Waals surface area (Å²) in [5.41, 5.74) is -3.46. The molecule has 2 aromatic carbocycles. The van der Waals surface area contributed by atoms with Crippen LogP contribution in [0.2, 0.25) is 0 Å². The lowest BCUT2D eigenvalue weighted by atomic mass is 10.0. The minimum Gasteiger partial charge on any atom is -0.207 e. The van der Waals surface area contributed by atoms with Crippen LogP contribution in [0.4, 0.5) is 26.3 Å². The third-order valence-electron chi connectivity index (χ3n) is 3.24. The van der Waals surface area contributed by atoms with Crippen molar-refractivity contribution in [2.45, 2.75) is 23.8 Å². The normalized spacial score (nSPS) is 13.0. The minimum absolute atomic E-state index is 0.0167. The maximum absolute atomic E-state index is 12.8. The lowest BCUT2D eigenvalue weighted by Crippen LogP contribution is -2.24. The summed E-state index contributed by atoms with van der Waals surface area (Å²) in [6, 6.07) is 6.49. The molecule has 0 bridgehead atoms. The summed E-state index contributed by atoms with van der Waals surface area (Å²) in [6.45, 7) is -0.721. The van der Waals surface area contributed by atoms with Gasteiger partial charge in [-0.15, -0.1) is 0 Å². The Hall–Kier alpha value is -1.34. The predicted molar refractivity (Wildman–Crippen MR) is 89.6 cm³/mol. The van der Waals surface area contributed by atoms with Gasteiger partial charge in [-0.05, 0) is 70.6 Å². The molecular weight excluding hydrogens is 499 g/mol. The average Bonchev–Trinajstić information content (AvgIpc) is 2.51. The van der Waals surface area contributed by atoms with Crippen LogP contribution in [0.25, 0.3) is 0 Å². The fourth-order valence-electron chi connectivity index (χ4n) is 2.00. The standard InChI is InChI=1S/C15H10F6INO2S/c16-14(17,18)10-5-9(6-11(7-10)15(19,20)21)8-23-26(24,25)13-3-1-12(22)2-4-13/h1-7,23H,8H2. The van der Waals surface area contributed by atoms with Gasteiger partial charge in [-0.25, -0.2) is 13.1 Å². The second-order valence-electron chi connectivity index (χ2n) is 5.19. The zero-order valence-corrected chi connectivity index (χ0v) is 15.6. The van der Waals surface area contributed by atoms with Gasteiger partial charge < -0.3 is 0 Å². The molecule has 2 rings (SSSR count). The van der Waals surface area contributed by atoms with Gasteiger partial charge in [0.15, 0.2) is 0 Å². The van der Waals surface area contributed by atoms with E-state index in [0.717, 1.165) is 3.57 Å². The minimum atomic E-state index is -5.00. The third kappa shape index (κ3) is 5.33. The molecule has 0 atom stereocenters. The van der Waals surface area contributed by atoms with Crippen molar-refractivity contribution in [1.82, 2.24) is 4.72 Å².